The summed E-state index contributed by atoms with van der Waals surface area (Å²) in [6.07, 6.45) is 1.80. The van der Waals surface area contributed by atoms with E-state index < -0.39 is 0 Å². The summed E-state index contributed by atoms with van der Waals surface area (Å²) < 4.78 is 0. The Morgan fingerprint density at radius 1 is 1.22 bits per heavy atom. The number of aryl methyl sites for hydroxylation is 2. The Kier molecular flexibility index (Phi) is 3.24. The van der Waals surface area contributed by atoms with Gasteiger partial charge in [-0.25, -0.2) is 9.97 Å². The number of rotatable bonds is 2. The molecule has 4 heteroatoms. The van der Waals surface area contributed by atoms with Crippen molar-refractivity contribution in [3.8, 4) is 17.3 Å². The second-order valence-electron chi connectivity index (χ2n) is 4.12. The van der Waals surface area contributed by atoms with E-state index in [1.807, 2.05) is 32.0 Å². The van der Waals surface area contributed by atoms with Crippen LogP contribution in [0.3, 0.4) is 0 Å². The molecule has 0 bridgehead atoms. The average molecular weight is 238 g/mol. The summed E-state index contributed by atoms with van der Waals surface area (Å²) in [4.78, 5) is 8.64. The van der Waals surface area contributed by atoms with E-state index in [1.165, 1.54) is 0 Å². The average Bonchev–Trinajstić information content (AvgIpc) is 2.39. The second-order valence-corrected chi connectivity index (χ2v) is 4.12. The van der Waals surface area contributed by atoms with Gasteiger partial charge in [-0.05, 0) is 37.1 Å². The molecule has 18 heavy (non-hydrogen) atoms. The van der Waals surface area contributed by atoms with Gasteiger partial charge in [-0.2, -0.15) is 5.26 Å². The Morgan fingerprint density at radius 3 is 2.61 bits per heavy atom. The molecule has 0 aliphatic rings. The lowest BCUT2D eigenvalue weighted by molar-refractivity contribution is 1.12. The van der Waals surface area contributed by atoms with Crippen molar-refractivity contribution in [1.29, 1.82) is 5.26 Å². The molecular formula is C14H14N4. The highest BCUT2D eigenvalue weighted by Gasteiger charge is 2.09. The number of nitrogens with zero attached hydrogens (tertiary/aromatic N) is 3. The van der Waals surface area contributed by atoms with E-state index in [1.54, 1.807) is 13.2 Å². The van der Waals surface area contributed by atoms with Gasteiger partial charge in [0.15, 0.2) is 0 Å². The smallest absolute Gasteiger partial charge is 0.222 e. The lowest BCUT2D eigenvalue weighted by Gasteiger charge is -2.09. The number of hydrogen-bond donors (Lipinski definition) is 1. The number of benzene rings is 1. The standard InChI is InChI=1S/C14H14N4/c1-9-6-11(7-15)4-5-12(9)13-10(2)8-17-14(16-3)18-13/h4-6,8H,1-3H3,(H,16,17,18). The quantitative estimate of drug-likeness (QED) is 0.873. The molecule has 0 radical (unpaired) electrons. The molecule has 1 N–H and O–H groups in total. The first-order valence-electron chi connectivity index (χ1n) is 5.68. The van der Waals surface area contributed by atoms with Crippen LogP contribution in [-0.2, 0) is 0 Å². The largest absolute Gasteiger partial charge is 0.357 e. The lowest BCUT2D eigenvalue weighted by Crippen LogP contribution is -2.00. The summed E-state index contributed by atoms with van der Waals surface area (Å²) >= 11 is 0. The van der Waals surface area contributed by atoms with Gasteiger partial charge >= 0.3 is 0 Å². The third-order valence-corrected chi connectivity index (χ3v) is 2.81. The molecule has 0 unspecified atom stereocenters. The first kappa shape index (κ1) is 12.1. The lowest BCUT2D eigenvalue weighted by atomic mass is 10.0. The minimum Gasteiger partial charge on any atom is -0.357 e. The first-order chi connectivity index (χ1) is 8.65. The van der Waals surface area contributed by atoms with Crippen molar-refractivity contribution in [3.63, 3.8) is 0 Å². The van der Waals surface area contributed by atoms with Crippen LogP contribution >= 0.6 is 0 Å². The number of nitrogens with one attached hydrogen (secondary N) is 1. The fraction of sp³-hybridized carbons (Fsp3) is 0.214. The van der Waals surface area contributed by atoms with Gasteiger partial charge < -0.3 is 5.32 Å². The Morgan fingerprint density at radius 2 is 2.00 bits per heavy atom. The van der Waals surface area contributed by atoms with E-state index in [-0.39, 0.29) is 0 Å². The van der Waals surface area contributed by atoms with E-state index in [0.717, 1.165) is 22.4 Å². The van der Waals surface area contributed by atoms with Gasteiger partial charge in [0.1, 0.15) is 0 Å². The molecule has 0 saturated heterocycles. The van der Waals surface area contributed by atoms with E-state index in [2.05, 4.69) is 21.4 Å². The Balaban J connectivity index is 2.58. The van der Waals surface area contributed by atoms with Crippen molar-refractivity contribution in [1.82, 2.24) is 9.97 Å². The molecule has 0 spiro atoms. The number of aromatic nitrogens is 2. The molecule has 90 valence electrons. The second kappa shape index (κ2) is 4.84. The van der Waals surface area contributed by atoms with Crippen molar-refractivity contribution in [2.24, 2.45) is 0 Å². The van der Waals surface area contributed by atoms with Gasteiger partial charge in [0, 0.05) is 18.8 Å². The van der Waals surface area contributed by atoms with Gasteiger partial charge in [0.05, 0.1) is 17.3 Å². The van der Waals surface area contributed by atoms with Crippen LogP contribution in [0.4, 0.5) is 5.95 Å². The van der Waals surface area contributed by atoms with Crippen LogP contribution in [0.2, 0.25) is 0 Å². The van der Waals surface area contributed by atoms with Crippen LogP contribution in [0.15, 0.2) is 24.4 Å². The Labute approximate surface area is 106 Å². The molecule has 1 heterocycles. The number of hydrogen-bond acceptors (Lipinski definition) is 4. The zero-order chi connectivity index (χ0) is 13.1. The summed E-state index contributed by atoms with van der Waals surface area (Å²) in [6.45, 7) is 3.96. The van der Waals surface area contributed by atoms with Crippen LogP contribution in [0, 0.1) is 25.2 Å². The number of nitriles is 1. The third kappa shape index (κ3) is 2.16. The molecule has 2 aromatic rings. The van der Waals surface area contributed by atoms with Crippen LogP contribution in [-0.4, -0.2) is 17.0 Å². The Bertz CT molecular complexity index is 626. The van der Waals surface area contributed by atoms with Crippen molar-refractivity contribution in [2.45, 2.75) is 13.8 Å². The zero-order valence-corrected chi connectivity index (χ0v) is 10.7. The summed E-state index contributed by atoms with van der Waals surface area (Å²) in [5.41, 5.74) is 4.65. The van der Waals surface area contributed by atoms with Gasteiger partial charge in [0.2, 0.25) is 5.95 Å². The molecular weight excluding hydrogens is 224 g/mol. The highest BCUT2D eigenvalue weighted by atomic mass is 15.1. The first-order valence-corrected chi connectivity index (χ1v) is 5.68. The van der Waals surface area contributed by atoms with Crippen LogP contribution in [0.5, 0.6) is 0 Å². The molecule has 1 aromatic carbocycles. The normalized spacial score (nSPS) is 9.89. The molecule has 4 nitrogen and oxygen atoms in total. The zero-order valence-electron chi connectivity index (χ0n) is 10.7. The SMILES string of the molecule is CNc1ncc(C)c(-c2ccc(C#N)cc2C)n1. The maximum atomic E-state index is 8.87. The van der Waals surface area contributed by atoms with Gasteiger partial charge in [-0.1, -0.05) is 6.07 Å². The fourth-order valence-electron chi connectivity index (χ4n) is 1.83. The highest BCUT2D eigenvalue weighted by Crippen LogP contribution is 2.25. The van der Waals surface area contributed by atoms with Crippen molar-refractivity contribution in [3.05, 3.63) is 41.1 Å². The van der Waals surface area contributed by atoms with E-state index in [0.29, 0.717) is 11.5 Å². The summed E-state index contributed by atoms with van der Waals surface area (Å²) in [5, 5.41) is 11.8. The maximum Gasteiger partial charge on any atom is 0.222 e. The predicted molar refractivity (Wildman–Crippen MR) is 71.2 cm³/mol. The van der Waals surface area contributed by atoms with Gasteiger partial charge in [0.25, 0.3) is 0 Å². The fourth-order valence-corrected chi connectivity index (χ4v) is 1.83. The molecule has 2 rings (SSSR count). The summed E-state index contributed by atoms with van der Waals surface area (Å²) in [5.74, 6) is 0.597. The van der Waals surface area contributed by atoms with Crippen molar-refractivity contribution in [2.75, 3.05) is 12.4 Å². The predicted octanol–water partition coefficient (Wildman–Crippen LogP) is 2.67. The van der Waals surface area contributed by atoms with Crippen molar-refractivity contribution >= 4 is 5.95 Å². The molecule has 0 aliphatic heterocycles. The van der Waals surface area contributed by atoms with Crippen LogP contribution in [0.25, 0.3) is 11.3 Å². The molecule has 1 aromatic heterocycles. The van der Waals surface area contributed by atoms with E-state index >= 15 is 0 Å². The highest BCUT2D eigenvalue weighted by molar-refractivity contribution is 5.68. The molecule has 0 amide bonds. The maximum absolute atomic E-state index is 8.87. The van der Waals surface area contributed by atoms with Crippen LogP contribution in [0.1, 0.15) is 16.7 Å². The Hall–Kier alpha value is -2.41. The van der Waals surface area contributed by atoms with Gasteiger partial charge in [-0.15, -0.1) is 0 Å². The topological polar surface area (TPSA) is 61.6 Å². The number of anilines is 1. The molecule has 0 saturated carbocycles. The summed E-state index contributed by atoms with van der Waals surface area (Å²) in [7, 11) is 1.79. The molecule has 0 fully saturated rings. The third-order valence-electron chi connectivity index (χ3n) is 2.81. The monoisotopic (exact) mass is 238 g/mol. The minimum atomic E-state index is 0.597. The van der Waals surface area contributed by atoms with E-state index in [4.69, 9.17) is 5.26 Å². The van der Waals surface area contributed by atoms with Gasteiger partial charge in [-0.3, -0.25) is 0 Å². The molecule has 0 atom stereocenters. The summed E-state index contributed by atoms with van der Waals surface area (Å²) in [6, 6.07) is 7.75. The van der Waals surface area contributed by atoms with Crippen molar-refractivity contribution < 1.29 is 0 Å². The van der Waals surface area contributed by atoms with Crippen LogP contribution < -0.4 is 5.32 Å². The van der Waals surface area contributed by atoms with E-state index in [9.17, 15) is 0 Å². The minimum absolute atomic E-state index is 0.597. The molecule has 0 aliphatic carbocycles.